The smallest absolute Gasteiger partial charge is 0.234 e. The first-order chi connectivity index (χ1) is 9.47. The SMILES string of the molecule is Cc1cc(Cl)ccc1CN1CCN([C@@H](C)C(N)=O)CC1. The standard InChI is InChI=1S/C15H22ClN3O/c1-11-9-14(16)4-3-13(11)10-18-5-7-19(8-6-18)12(2)15(17)20/h3-4,9,12H,5-8,10H2,1-2H3,(H2,17,20)/t12-/m0/s1. The molecule has 110 valence electrons. The minimum absolute atomic E-state index is 0.172. The molecular formula is C15H22ClN3O. The first kappa shape index (κ1) is 15.3. The zero-order valence-corrected chi connectivity index (χ0v) is 12.9. The third-order valence-corrected chi connectivity index (χ3v) is 4.30. The van der Waals surface area contributed by atoms with Crippen LogP contribution in [-0.4, -0.2) is 47.9 Å². The van der Waals surface area contributed by atoms with Crippen LogP contribution >= 0.6 is 11.6 Å². The molecular weight excluding hydrogens is 274 g/mol. The summed E-state index contributed by atoms with van der Waals surface area (Å²) in [6.07, 6.45) is 0. The van der Waals surface area contributed by atoms with Crippen LogP contribution in [0, 0.1) is 6.92 Å². The van der Waals surface area contributed by atoms with Gasteiger partial charge in [0.1, 0.15) is 0 Å². The summed E-state index contributed by atoms with van der Waals surface area (Å²) in [5, 5.41) is 0.784. The van der Waals surface area contributed by atoms with Crippen molar-refractivity contribution in [2.75, 3.05) is 26.2 Å². The quantitative estimate of drug-likeness (QED) is 0.919. The Bertz CT molecular complexity index is 484. The van der Waals surface area contributed by atoms with E-state index in [0.717, 1.165) is 37.7 Å². The van der Waals surface area contributed by atoms with E-state index in [9.17, 15) is 4.79 Å². The molecule has 0 bridgehead atoms. The maximum Gasteiger partial charge on any atom is 0.234 e. The van der Waals surface area contributed by atoms with Gasteiger partial charge in [-0.3, -0.25) is 14.6 Å². The molecule has 0 aliphatic carbocycles. The van der Waals surface area contributed by atoms with E-state index in [4.69, 9.17) is 17.3 Å². The fourth-order valence-electron chi connectivity index (χ4n) is 2.57. The molecule has 0 radical (unpaired) electrons. The highest BCUT2D eigenvalue weighted by Gasteiger charge is 2.24. The van der Waals surface area contributed by atoms with Gasteiger partial charge in [0.2, 0.25) is 5.91 Å². The Hall–Kier alpha value is -1.10. The molecule has 1 amide bonds. The van der Waals surface area contributed by atoms with E-state index >= 15 is 0 Å². The number of nitrogens with two attached hydrogens (primary N) is 1. The normalized spacial score (nSPS) is 18.9. The molecule has 2 rings (SSSR count). The Morgan fingerprint density at radius 3 is 2.55 bits per heavy atom. The predicted octanol–water partition coefficient (Wildman–Crippen LogP) is 1.64. The van der Waals surface area contributed by atoms with Crippen LogP contribution in [0.5, 0.6) is 0 Å². The lowest BCUT2D eigenvalue weighted by molar-refractivity contribution is -0.123. The fourth-order valence-corrected chi connectivity index (χ4v) is 2.79. The largest absolute Gasteiger partial charge is 0.368 e. The number of amides is 1. The van der Waals surface area contributed by atoms with Gasteiger partial charge in [-0.2, -0.15) is 0 Å². The molecule has 1 aliphatic rings. The molecule has 2 N–H and O–H groups in total. The fraction of sp³-hybridized carbons (Fsp3) is 0.533. The second kappa shape index (κ2) is 6.57. The van der Waals surface area contributed by atoms with E-state index in [1.54, 1.807) is 0 Å². The summed E-state index contributed by atoms with van der Waals surface area (Å²) in [6.45, 7) is 8.59. The van der Waals surface area contributed by atoms with Crippen LogP contribution in [0.4, 0.5) is 0 Å². The number of nitrogens with zero attached hydrogens (tertiary/aromatic N) is 2. The van der Waals surface area contributed by atoms with Crippen LogP contribution in [0.15, 0.2) is 18.2 Å². The summed E-state index contributed by atoms with van der Waals surface area (Å²) in [5.41, 5.74) is 7.89. The number of benzene rings is 1. The molecule has 20 heavy (non-hydrogen) atoms. The lowest BCUT2D eigenvalue weighted by Gasteiger charge is -2.37. The molecule has 1 atom stereocenters. The van der Waals surface area contributed by atoms with E-state index in [1.807, 2.05) is 19.1 Å². The molecule has 0 unspecified atom stereocenters. The van der Waals surface area contributed by atoms with Crippen molar-refractivity contribution < 1.29 is 4.79 Å². The van der Waals surface area contributed by atoms with Crippen LogP contribution in [0.2, 0.25) is 5.02 Å². The average Bonchev–Trinajstić information content (AvgIpc) is 2.42. The predicted molar refractivity (Wildman–Crippen MR) is 81.7 cm³/mol. The van der Waals surface area contributed by atoms with Gasteiger partial charge in [-0.25, -0.2) is 0 Å². The molecule has 0 saturated carbocycles. The summed E-state index contributed by atoms with van der Waals surface area (Å²) >= 11 is 5.98. The lowest BCUT2D eigenvalue weighted by Crippen LogP contribution is -2.52. The van der Waals surface area contributed by atoms with E-state index < -0.39 is 0 Å². The number of aryl methyl sites for hydroxylation is 1. The second-order valence-electron chi connectivity index (χ2n) is 5.46. The van der Waals surface area contributed by atoms with Crippen LogP contribution in [0.3, 0.4) is 0 Å². The van der Waals surface area contributed by atoms with Crippen LogP contribution in [0.25, 0.3) is 0 Å². The minimum atomic E-state index is -0.244. The Morgan fingerprint density at radius 1 is 1.35 bits per heavy atom. The Kier molecular flexibility index (Phi) is 5.02. The van der Waals surface area contributed by atoms with Crippen molar-refractivity contribution in [3.63, 3.8) is 0 Å². The molecule has 1 fully saturated rings. The minimum Gasteiger partial charge on any atom is -0.368 e. The summed E-state index contributed by atoms with van der Waals surface area (Å²) in [5.74, 6) is -0.244. The van der Waals surface area contributed by atoms with E-state index in [2.05, 4.69) is 22.8 Å². The van der Waals surface area contributed by atoms with Crippen molar-refractivity contribution in [1.82, 2.24) is 9.80 Å². The number of hydrogen-bond donors (Lipinski definition) is 1. The van der Waals surface area contributed by atoms with E-state index in [1.165, 1.54) is 11.1 Å². The van der Waals surface area contributed by atoms with Crippen molar-refractivity contribution in [3.05, 3.63) is 34.3 Å². The van der Waals surface area contributed by atoms with Crippen LogP contribution < -0.4 is 5.73 Å². The first-order valence-electron chi connectivity index (χ1n) is 6.98. The highest BCUT2D eigenvalue weighted by molar-refractivity contribution is 6.30. The Morgan fingerprint density at radius 2 is 2.00 bits per heavy atom. The zero-order chi connectivity index (χ0) is 14.7. The highest BCUT2D eigenvalue weighted by Crippen LogP contribution is 2.18. The Labute approximate surface area is 125 Å². The maximum atomic E-state index is 11.2. The Balaban J connectivity index is 1.90. The summed E-state index contributed by atoms with van der Waals surface area (Å²) < 4.78 is 0. The highest BCUT2D eigenvalue weighted by atomic mass is 35.5. The molecule has 1 heterocycles. The van der Waals surface area contributed by atoms with Crippen LogP contribution in [-0.2, 0) is 11.3 Å². The number of primary amides is 1. The topological polar surface area (TPSA) is 49.6 Å². The van der Waals surface area contributed by atoms with E-state index in [-0.39, 0.29) is 11.9 Å². The third-order valence-electron chi connectivity index (χ3n) is 4.06. The monoisotopic (exact) mass is 295 g/mol. The molecule has 0 aromatic heterocycles. The van der Waals surface area contributed by atoms with E-state index in [0.29, 0.717) is 0 Å². The van der Waals surface area contributed by atoms with Gasteiger partial charge in [-0.1, -0.05) is 17.7 Å². The molecule has 1 saturated heterocycles. The molecule has 5 heteroatoms. The van der Waals surface area contributed by atoms with Gasteiger partial charge in [-0.15, -0.1) is 0 Å². The van der Waals surface area contributed by atoms with Gasteiger partial charge in [-0.05, 0) is 37.1 Å². The number of hydrogen-bond acceptors (Lipinski definition) is 3. The first-order valence-corrected chi connectivity index (χ1v) is 7.36. The lowest BCUT2D eigenvalue weighted by atomic mass is 10.1. The molecule has 1 aliphatic heterocycles. The molecule has 4 nitrogen and oxygen atoms in total. The molecule has 0 spiro atoms. The summed E-state index contributed by atoms with van der Waals surface area (Å²) in [4.78, 5) is 15.8. The van der Waals surface area contributed by atoms with Crippen molar-refractivity contribution in [1.29, 1.82) is 0 Å². The molecule has 1 aromatic carbocycles. The summed E-state index contributed by atoms with van der Waals surface area (Å²) in [6, 6.07) is 5.86. The number of halogens is 1. The molecule has 1 aromatic rings. The number of carbonyl (C=O) groups excluding carboxylic acids is 1. The van der Waals surface area contributed by atoms with Gasteiger partial charge in [0.15, 0.2) is 0 Å². The third kappa shape index (κ3) is 3.72. The van der Waals surface area contributed by atoms with Gasteiger partial charge in [0.05, 0.1) is 6.04 Å². The summed E-state index contributed by atoms with van der Waals surface area (Å²) in [7, 11) is 0. The number of rotatable bonds is 4. The van der Waals surface area contributed by atoms with Gasteiger partial charge in [0, 0.05) is 37.7 Å². The number of piperazine rings is 1. The number of carbonyl (C=O) groups is 1. The maximum absolute atomic E-state index is 11.2. The van der Waals surface area contributed by atoms with Gasteiger partial charge in [0.25, 0.3) is 0 Å². The van der Waals surface area contributed by atoms with Gasteiger partial charge < -0.3 is 5.73 Å². The van der Waals surface area contributed by atoms with Crippen molar-refractivity contribution in [2.45, 2.75) is 26.4 Å². The average molecular weight is 296 g/mol. The van der Waals surface area contributed by atoms with Gasteiger partial charge >= 0.3 is 0 Å². The van der Waals surface area contributed by atoms with Crippen molar-refractivity contribution in [3.8, 4) is 0 Å². The van der Waals surface area contributed by atoms with Crippen LogP contribution in [0.1, 0.15) is 18.1 Å². The second-order valence-corrected chi connectivity index (χ2v) is 5.90. The van der Waals surface area contributed by atoms with Crippen molar-refractivity contribution in [2.24, 2.45) is 5.73 Å². The zero-order valence-electron chi connectivity index (χ0n) is 12.1. The van der Waals surface area contributed by atoms with Crippen molar-refractivity contribution >= 4 is 17.5 Å².